The third-order valence-corrected chi connectivity index (χ3v) is 2.47. The Morgan fingerprint density at radius 3 is 2.06 bits per heavy atom. The molecule has 0 radical (unpaired) electrons. The molecule has 0 bridgehead atoms. The van der Waals surface area contributed by atoms with E-state index in [-0.39, 0.29) is 12.0 Å². The van der Waals surface area contributed by atoms with E-state index >= 15 is 0 Å². The SMILES string of the molecule is CCC(NC(C)C(=O)OC(C)(C)C)C(C)C. The van der Waals surface area contributed by atoms with Crippen molar-refractivity contribution < 1.29 is 9.53 Å². The largest absolute Gasteiger partial charge is 0.459 e. The Kier molecular flexibility index (Phi) is 6.01. The molecule has 0 aliphatic rings. The first-order valence-corrected chi connectivity index (χ1v) is 6.16. The molecule has 0 saturated heterocycles. The summed E-state index contributed by atoms with van der Waals surface area (Å²) in [5.41, 5.74) is -0.410. The van der Waals surface area contributed by atoms with Crippen LogP contribution in [0.5, 0.6) is 0 Å². The molecule has 0 aromatic carbocycles. The van der Waals surface area contributed by atoms with Crippen LogP contribution in [0.4, 0.5) is 0 Å². The molecular weight excluding hydrogens is 202 g/mol. The summed E-state index contributed by atoms with van der Waals surface area (Å²) in [5.74, 6) is 0.349. The van der Waals surface area contributed by atoms with Gasteiger partial charge in [0.1, 0.15) is 11.6 Å². The fraction of sp³-hybridized carbons (Fsp3) is 0.923. The predicted molar refractivity (Wildman–Crippen MR) is 67.4 cm³/mol. The lowest BCUT2D eigenvalue weighted by Gasteiger charge is -2.27. The number of hydrogen-bond donors (Lipinski definition) is 1. The number of carbonyl (C=O) groups is 1. The first-order chi connectivity index (χ1) is 7.17. The van der Waals surface area contributed by atoms with Gasteiger partial charge in [0, 0.05) is 6.04 Å². The fourth-order valence-corrected chi connectivity index (χ4v) is 1.56. The van der Waals surface area contributed by atoms with Crippen molar-refractivity contribution in [1.29, 1.82) is 0 Å². The van der Waals surface area contributed by atoms with Crippen molar-refractivity contribution in [2.75, 3.05) is 0 Å². The van der Waals surface area contributed by atoms with Crippen LogP contribution in [-0.4, -0.2) is 23.7 Å². The van der Waals surface area contributed by atoms with Crippen molar-refractivity contribution in [2.24, 2.45) is 5.92 Å². The fourth-order valence-electron chi connectivity index (χ4n) is 1.56. The van der Waals surface area contributed by atoms with E-state index in [1.165, 1.54) is 0 Å². The molecule has 2 atom stereocenters. The zero-order valence-electron chi connectivity index (χ0n) is 11.8. The lowest BCUT2D eigenvalue weighted by atomic mass is 10.0. The average Bonchev–Trinajstić information content (AvgIpc) is 2.10. The van der Waals surface area contributed by atoms with E-state index in [9.17, 15) is 4.79 Å². The summed E-state index contributed by atoms with van der Waals surface area (Å²) in [5, 5.41) is 3.31. The Morgan fingerprint density at radius 1 is 1.25 bits per heavy atom. The van der Waals surface area contributed by atoms with Gasteiger partial charge in [-0.1, -0.05) is 20.8 Å². The zero-order chi connectivity index (χ0) is 12.9. The summed E-state index contributed by atoms with van der Waals surface area (Å²) < 4.78 is 5.32. The molecule has 0 amide bonds. The van der Waals surface area contributed by atoms with E-state index in [0.29, 0.717) is 12.0 Å². The molecule has 0 aromatic heterocycles. The highest BCUT2D eigenvalue weighted by molar-refractivity contribution is 5.75. The summed E-state index contributed by atoms with van der Waals surface area (Å²) >= 11 is 0. The van der Waals surface area contributed by atoms with Crippen molar-refractivity contribution >= 4 is 5.97 Å². The number of rotatable bonds is 5. The Labute approximate surface area is 99.9 Å². The van der Waals surface area contributed by atoms with E-state index in [0.717, 1.165) is 6.42 Å². The van der Waals surface area contributed by atoms with Crippen LogP contribution in [0.15, 0.2) is 0 Å². The van der Waals surface area contributed by atoms with Crippen LogP contribution in [-0.2, 0) is 9.53 Å². The van der Waals surface area contributed by atoms with Gasteiger partial charge in [0.25, 0.3) is 0 Å². The van der Waals surface area contributed by atoms with Crippen molar-refractivity contribution in [2.45, 2.75) is 72.6 Å². The van der Waals surface area contributed by atoms with Crippen LogP contribution in [0.25, 0.3) is 0 Å². The molecule has 96 valence electrons. The van der Waals surface area contributed by atoms with Gasteiger partial charge in [-0.3, -0.25) is 4.79 Å². The second-order valence-electron chi connectivity index (χ2n) is 5.68. The normalized spacial score (nSPS) is 16.0. The molecule has 0 rings (SSSR count). The van der Waals surface area contributed by atoms with Gasteiger partial charge >= 0.3 is 5.97 Å². The molecule has 0 heterocycles. The van der Waals surface area contributed by atoms with Crippen LogP contribution < -0.4 is 5.32 Å². The highest BCUT2D eigenvalue weighted by Crippen LogP contribution is 2.11. The van der Waals surface area contributed by atoms with Gasteiger partial charge in [-0.2, -0.15) is 0 Å². The summed E-state index contributed by atoms with van der Waals surface area (Å²) in [6.07, 6.45) is 1.02. The van der Waals surface area contributed by atoms with Gasteiger partial charge < -0.3 is 10.1 Å². The van der Waals surface area contributed by atoms with E-state index in [4.69, 9.17) is 4.74 Å². The monoisotopic (exact) mass is 229 g/mol. The minimum Gasteiger partial charge on any atom is -0.459 e. The lowest BCUT2D eigenvalue weighted by molar-refractivity contribution is -0.157. The molecule has 0 aliphatic carbocycles. The molecule has 0 aromatic rings. The van der Waals surface area contributed by atoms with Crippen molar-refractivity contribution in [3.63, 3.8) is 0 Å². The van der Waals surface area contributed by atoms with Crippen molar-refractivity contribution in [3.05, 3.63) is 0 Å². The van der Waals surface area contributed by atoms with Crippen LogP contribution in [0.1, 0.15) is 54.9 Å². The Morgan fingerprint density at radius 2 is 1.75 bits per heavy atom. The maximum Gasteiger partial charge on any atom is 0.323 e. The van der Waals surface area contributed by atoms with Crippen LogP contribution in [0.3, 0.4) is 0 Å². The molecule has 2 unspecified atom stereocenters. The minimum absolute atomic E-state index is 0.174. The third-order valence-electron chi connectivity index (χ3n) is 2.47. The molecular formula is C13H27NO2. The zero-order valence-corrected chi connectivity index (χ0v) is 11.8. The van der Waals surface area contributed by atoms with Gasteiger partial charge in [0.2, 0.25) is 0 Å². The topological polar surface area (TPSA) is 38.3 Å². The molecule has 3 nitrogen and oxygen atoms in total. The Balaban J connectivity index is 4.24. The molecule has 0 saturated carbocycles. The molecule has 16 heavy (non-hydrogen) atoms. The second-order valence-corrected chi connectivity index (χ2v) is 5.68. The standard InChI is InChI=1S/C13H27NO2/c1-8-11(9(2)3)14-10(4)12(15)16-13(5,6)7/h9-11,14H,8H2,1-7H3. The van der Waals surface area contributed by atoms with Crippen molar-refractivity contribution in [3.8, 4) is 0 Å². The number of carbonyl (C=O) groups excluding carboxylic acids is 1. The van der Waals surface area contributed by atoms with Gasteiger partial charge in [0.15, 0.2) is 0 Å². The first-order valence-electron chi connectivity index (χ1n) is 6.16. The summed E-state index contributed by atoms with van der Waals surface area (Å²) in [7, 11) is 0. The number of ether oxygens (including phenoxy) is 1. The van der Waals surface area contributed by atoms with E-state index in [1.54, 1.807) is 0 Å². The van der Waals surface area contributed by atoms with Crippen LogP contribution in [0.2, 0.25) is 0 Å². The quantitative estimate of drug-likeness (QED) is 0.737. The number of esters is 1. The predicted octanol–water partition coefficient (Wildman–Crippen LogP) is 2.74. The van der Waals surface area contributed by atoms with Crippen LogP contribution >= 0.6 is 0 Å². The molecule has 0 fully saturated rings. The Bertz CT molecular complexity index is 218. The lowest BCUT2D eigenvalue weighted by Crippen LogP contribution is -2.46. The van der Waals surface area contributed by atoms with Crippen molar-refractivity contribution in [1.82, 2.24) is 5.32 Å². The van der Waals surface area contributed by atoms with Crippen LogP contribution in [0, 0.1) is 5.92 Å². The summed E-state index contributed by atoms with van der Waals surface area (Å²) in [6, 6.07) is 0.120. The van der Waals surface area contributed by atoms with Gasteiger partial charge in [-0.25, -0.2) is 0 Å². The van der Waals surface area contributed by atoms with E-state index in [2.05, 4.69) is 26.1 Å². The van der Waals surface area contributed by atoms with E-state index < -0.39 is 5.60 Å². The number of hydrogen-bond acceptors (Lipinski definition) is 3. The molecule has 0 aliphatic heterocycles. The summed E-state index contributed by atoms with van der Waals surface area (Å²) in [4.78, 5) is 11.7. The maximum absolute atomic E-state index is 11.7. The Hall–Kier alpha value is -0.570. The van der Waals surface area contributed by atoms with Gasteiger partial charge in [-0.05, 0) is 40.0 Å². The van der Waals surface area contributed by atoms with Gasteiger partial charge in [0.05, 0.1) is 0 Å². The molecule has 1 N–H and O–H groups in total. The van der Waals surface area contributed by atoms with E-state index in [1.807, 2.05) is 27.7 Å². The second kappa shape index (κ2) is 6.24. The average molecular weight is 229 g/mol. The minimum atomic E-state index is -0.410. The third kappa shape index (κ3) is 6.11. The molecule has 3 heteroatoms. The highest BCUT2D eigenvalue weighted by Gasteiger charge is 2.24. The smallest absolute Gasteiger partial charge is 0.323 e. The molecule has 0 spiro atoms. The first kappa shape index (κ1) is 15.4. The summed E-state index contributed by atoms with van der Waals surface area (Å²) in [6.45, 7) is 14.0. The number of nitrogens with one attached hydrogen (secondary N) is 1. The van der Waals surface area contributed by atoms with Gasteiger partial charge in [-0.15, -0.1) is 0 Å². The maximum atomic E-state index is 11.7. The highest BCUT2D eigenvalue weighted by atomic mass is 16.6.